The van der Waals surface area contributed by atoms with Crippen molar-refractivity contribution in [3.8, 4) is 10.4 Å². The smallest absolute Gasteiger partial charge is 0.274 e. The lowest BCUT2D eigenvalue weighted by Crippen LogP contribution is -2.45. The molecule has 6 nitrogen and oxygen atoms in total. The summed E-state index contributed by atoms with van der Waals surface area (Å²) < 4.78 is 0. The van der Waals surface area contributed by atoms with Crippen LogP contribution in [0.25, 0.3) is 10.4 Å². The first-order valence-corrected chi connectivity index (χ1v) is 13.6. The van der Waals surface area contributed by atoms with Crippen molar-refractivity contribution >= 4 is 23.2 Å². The molecule has 2 fully saturated rings. The fourth-order valence-corrected chi connectivity index (χ4v) is 6.29. The Bertz CT molecular complexity index is 1310. The molecule has 3 aromatic rings. The van der Waals surface area contributed by atoms with Crippen LogP contribution >= 0.6 is 11.3 Å². The quantitative estimate of drug-likeness (QED) is 0.481. The van der Waals surface area contributed by atoms with E-state index in [-0.39, 0.29) is 17.9 Å². The van der Waals surface area contributed by atoms with Gasteiger partial charge < -0.3 is 10.2 Å². The third-order valence-corrected chi connectivity index (χ3v) is 8.32. The van der Waals surface area contributed by atoms with Gasteiger partial charge >= 0.3 is 0 Å². The van der Waals surface area contributed by atoms with Crippen LogP contribution in [0.2, 0.25) is 0 Å². The number of carbonyl (C=O) groups excluding carboxylic acids is 2. The zero-order chi connectivity index (χ0) is 25.6. The first-order chi connectivity index (χ1) is 17.2. The molecular formula is C29H34N4O2S. The van der Waals surface area contributed by atoms with Crippen molar-refractivity contribution in [2.75, 3.05) is 13.1 Å². The second-order valence-electron chi connectivity index (χ2n) is 10.8. The number of carbonyl (C=O) groups is 2. The van der Waals surface area contributed by atoms with E-state index in [1.165, 1.54) is 0 Å². The minimum atomic E-state index is -0.136. The van der Waals surface area contributed by atoms with E-state index in [0.29, 0.717) is 35.6 Å². The van der Waals surface area contributed by atoms with Gasteiger partial charge in [0.1, 0.15) is 5.69 Å². The van der Waals surface area contributed by atoms with E-state index in [0.717, 1.165) is 51.7 Å². The Labute approximate surface area is 217 Å². The molecule has 1 N–H and O–H groups in total. The van der Waals surface area contributed by atoms with E-state index in [1.807, 2.05) is 36.9 Å². The number of nitrogens with one attached hydrogen (secondary N) is 1. The Morgan fingerprint density at radius 1 is 1.19 bits per heavy atom. The average molecular weight is 503 g/mol. The number of piperidine rings is 1. The lowest BCUT2D eigenvalue weighted by Gasteiger charge is -2.27. The highest BCUT2D eigenvalue weighted by Crippen LogP contribution is 2.50. The fraction of sp³-hybridized carbons (Fsp3) is 0.448. The Morgan fingerprint density at radius 3 is 2.72 bits per heavy atom. The predicted octanol–water partition coefficient (Wildman–Crippen LogP) is 5.22. The molecule has 0 spiro atoms. The molecule has 5 rings (SSSR count). The lowest BCUT2D eigenvalue weighted by molar-refractivity contribution is 0.0690. The lowest BCUT2D eigenvalue weighted by atomic mass is 10.0. The number of hydrogen-bond donors (Lipinski definition) is 1. The number of fused-ring (bicyclic) bond motifs is 1. The van der Waals surface area contributed by atoms with Gasteiger partial charge in [-0.2, -0.15) is 0 Å². The Morgan fingerprint density at radius 2 is 2.00 bits per heavy atom. The van der Waals surface area contributed by atoms with Crippen LogP contribution in [-0.4, -0.2) is 45.8 Å². The summed E-state index contributed by atoms with van der Waals surface area (Å²) in [5.74, 6) is 1.32. The predicted molar refractivity (Wildman–Crippen MR) is 143 cm³/mol. The molecule has 3 heterocycles. The molecule has 3 atom stereocenters. The van der Waals surface area contributed by atoms with Gasteiger partial charge in [0.25, 0.3) is 11.8 Å². The van der Waals surface area contributed by atoms with Crippen LogP contribution in [0.15, 0.2) is 36.5 Å². The van der Waals surface area contributed by atoms with Crippen LogP contribution in [0.3, 0.4) is 0 Å². The van der Waals surface area contributed by atoms with Crippen molar-refractivity contribution in [3.05, 3.63) is 69.6 Å². The zero-order valence-electron chi connectivity index (χ0n) is 21.7. The van der Waals surface area contributed by atoms with Gasteiger partial charge in [-0.25, -0.2) is 4.98 Å². The van der Waals surface area contributed by atoms with Crippen molar-refractivity contribution in [2.24, 2.45) is 17.8 Å². The summed E-state index contributed by atoms with van der Waals surface area (Å²) in [6.07, 6.45) is 3.69. The first-order valence-electron chi connectivity index (χ1n) is 12.8. The highest BCUT2D eigenvalue weighted by molar-refractivity contribution is 7.15. The molecule has 2 aliphatic rings. The standard InChI is InChI=1S/C29H34N4O2S/c1-16(2)9-24-18(4)11-21(13-30-24)28(34)31-14-25-23-12-22(23)15-33(25)29(35)26-27(36-19(5)32-26)20-8-6-7-17(3)10-20/h6-8,10-11,13,16,22-23,25H,9,12,14-15H2,1-5H3,(H,31,34)/t22-,23-,25-/m1/s1. The molecular weight excluding hydrogens is 468 g/mol. The Balaban J connectivity index is 1.31. The van der Waals surface area contributed by atoms with E-state index < -0.39 is 0 Å². The number of pyridine rings is 1. The summed E-state index contributed by atoms with van der Waals surface area (Å²) in [7, 11) is 0. The van der Waals surface area contributed by atoms with Crippen LogP contribution in [0.1, 0.15) is 62.9 Å². The van der Waals surface area contributed by atoms with Crippen molar-refractivity contribution < 1.29 is 9.59 Å². The van der Waals surface area contributed by atoms with Gasteiger partial charge in [0.05, 0.1) is 21.5 Å². The second-order valence-corrected chi connectivity index (χ2v) is 12.0. The van der Waals surface area contributed by atoms with Crippen LogP contribution < -0.4 is 5.32 Å². The highest BCUT2D eigenvalue weighted by Gasteiger charge is 2.54. The van der Waals surface area contributed by atoms with E-state index in [4.69, 9.17) is 0 Å². The molecule has 7 heteroatoms. The third-order valence-electron chi connectivity index (χ3n) is 7.30. The van der Waals surface area contributed by atoms with Crippen LogP contribution in [-0.2, 0) is 6.42 Å². The van der Waals surface area contributed by atoms with Crippen molar-refractivity contribution in [1.29, 1.82) is 0 Å². The summed E-state index contributed by atoms with van der Waals surface area (Å²) in [6, 6.07) is 10.1. The normalized spacial score (nSPS) is 20.5. The van der Waals surface area contributed by atoms with E-state index in [9.17, 15) is 9.59 Å². The maximum Gasteiger partial charge on any atom is 0.274 e. The number of likely N-dealkylation sites (tertiary alicyclic amines) is 1. The average Bonchev–Trinajstić information content (AvgIpc) is 3.34. The molecule has 1 aromatic carbocycles. The molecule has 0 radical (unpaired) electrons. The van der Waals surface area contributed by atoms with E-state index in [1.54, 1.807) is 17.5 Å². The molecule has 1 saturated heterocycles. The van der Waals surface area contributed by atoms with Gasteiger partial charge in [-0.05, 0) is 68.6 Å². The van der Waals surface area contributed by atoms with Crippen molar-refractivity contribution in [1.82, 2.24) is 20.2 Å². The largest absolute Gasteiger partial charge is 0.350 e. The Hall–Kier alpha value is -3.06. The van der Waals surface area contributed by atoms with Crippen LogP contribution in [0.5, 0.6) is 0 Å². The number of nitrogens with zero attached hydrogens (tertiary/aromatic N) is 3. The third kappa shape index (κ3) is 4.94. The van der Waals surface area contributed by atoms with Gasteiger partial charge in [-0.15, -0.1) is 11.3 Å². The SMILES string of the molecule is Cc1cccc(-c2sc(C)nc2C(=O)N2C[C@H]3C[C@H]3[C@H]2CNC(=O)c2cnc(CC(C)C)c(C)c2)c1. The number of benzene rings is 1. The number of aromatic nitrogens is 2. The summed E-state index contributed by atoms with van der Waals surface area (Å²) >= 11 is 1.56. The molecule has 188 valence electrons. The molecule has 0 unspecified atom stereocenters. The molecule has 1 aliphatic carbocycles. The summed E-state index contributed by atoms with van der Waals surface area (Å²) in [5, 5.41) is 3.97. The number of thiazole rings is 1. The maximum absolute atomic E-state index is 13.7. The number of amides is 2. The topological polar surface area (TPSA) is 75.2 Å². The summed E-state index contributed by atoms with van der Waals surface area (Å²) in [6.45, 7) is 11.5. The number of aryl methyl sites for hydroxylation is 3. The molecule has 0 bridgehead atoms. The second kappa shape index (κ2) is 9.77. The fourth-order valence-electron chi connectivity index (χ4n) is 5.38. The van der Waals surface area contributed by atoms with Gasteiger partial charge in [-0.3, -0.25) is 14.6 Å². The van der Waals surface area contributed by atoms with Gasteiger partial charge in [0.15, 0.2) is 0 Å². The van der Waals surface area contributed by atoms with Crippen LogP contribution in [0.4, 0.5) is 0 Å². The molecule has 2 amide bonds. The Kier molecular flexibility index (Phi) is 6.68. The minimum Gasteiger partial charge on any atom is -0.350 e. The highest BCUT2D eigenvalue weighted by atomic mass is 32.1. The molecule has 1 aliphatic heterocycles. The summed E-state index contributed by atoms with van der Waals surface area (Å²) in [4.78, 5) is 38.8. The maximum atomic E-state index is 13.7. The van der Waals surface area contributed by atoms with Gasteiger partial charge in [0.2, 0.25) is 0 Å². The molecule has 2 aromatic heterocycles. The number of hydrogen-bond acceptors (Lipinski definition) is 5. The molecule has 36 heavy (non-hydrogen) atoms. The minimum absolute atomic E-state index is 0.00640. The van der Waals surface area contributed by atoms with Gasteiger partial charge in [-0.1, -0.05) is 43.7 Å². The van der Waals surface area contributed by atoms with Crippen molar-refractivity contribution in [3.63, 3.8) is 0 Å². The van der Waals surface area contributed by atoms with E-state index >= 15 is 0 Å². The van der Waals surface area contributed by atoms with Gasteiger partial charge in [0, 0.05) is 25.0 Å². The first kappa shape index (κ1) is 24.6. The zero-order valence-corrected chi connectivity index (χ0v) is 22.5. The molecule has 1 saturated carbocycles. The van der Waals surface area contributed by atoms with Crippen LogP contribution in [0, 0.1) is 38.5 Å². The monoisotopic (exact) mass is 502 g/mol. The summed E-state index contributed by atoms with van der Waals surface area (Å²) in [5.41, 5.74) is 5.36. The van der Waals surface area contributed by atoms with E-state index in [2.05, 4.69) is 48.2 Å². The van der Waals surface area contributed by atoms with Crippen molar-refractivity contribution in [2.45, 2.75) is 53.5 Å². The number of rotatable bonds is 7.